The Bertz CT molecular complexity index is 2870. The van der Waals surface area contributed by atoms with Crippen molar-refractivity contribution in [1.29, 1.82) is 0 Å². The third-order valence-corrected chi connectivity index (χ3v) is 9.61. The molecule has 234 valence electrons. The van der Waals surface area contributed by atoms with Crippen LogP contribution in [-0.4, -0.2) is 14.5 Å². The van der Waals surface area contributed by atoms with Crippen molar-refractivity contribution in [2.75, 3.05) is 0 Å². The Balaban J connectivity index is 1.18. The minimum absolute atomic E-state index is 0.673. The summed E-state index contributed by atoms with van der Waals surface area (Å²) in [6.45, 7) is 0. The zero-order valence-electron chi connectivity index (χ0n) is 27.0. The van der Waals surface area contributed by atoms with Crippen molar-refractivity contribution in [1.82, 2.24) is 14.5 Å². The number of fused-ring (bicyclic) bond motifs is 6. The number of hydrogen-bond acceptors (Lipinski definition) is 3. The molecule has 0 amide bonds. The zero-order valence-corrected chi connectivity index (χ0v) is 27.0. The van der Waals surface area contributed by atoms with E-state index in [0.717, 1.165) is 72.3 Å². The molecule has 0 saturated heterocycles. The number of rotatable bonds is 5. The van der Waals surface area contributed by atoms with Gasteiger partial charge in [0, 0.05) is 43.9 Å². The molecule has 0 spiro atoms. The number of nitrogens with zero attached hydrogens (tertiary/aromatic N) is 3. The van der Waals surface area contributed by atoms with Crippen LogP contribution in [0.1, 0.15) is 0 Å². The van der Waals surface area contributed by atoms with Crippen LogP contribution in [0.2, 0.25) is 0 Å². The molecule has 0 radical (unpaired) electrons. The highest BCUT2D eigenvalue weighted by Crippen LogP contribution is 2.37. The molecule has 0 bridgehead atoms. The summed E-state index contributed by atoms with van der Waals surface area (Å²) in [6.07, 6.45) is 0. The van der Waals surface area contributed by atoms with Crippen LogP contribution in [-0.2, 0) is 0 Å². The van der Waals surface area contributed by atoms with Gasteiger partial charge in [0.05, 0.1) is 22.4 Å². The molecule has 0 fully saturated rings. The van der Waals surface area contributed by atoms with Crippen LogP contribution in [0.25, 0.3) is 94.5 Å². The van der Waals surface area contributed by atoms with Gasteiger partial charge in [-0.3, -0.25) is 0 Å². The van der Waals surface area contributed by atoms with Crippen LogP contribution < -0.4 is 0 Å². The van der Waals surface area contributed by atoms with E-state index in [2.05, 4.69) is 156 Å². The average Bonchev–Trinajstić information content (AvgIpc) is 3.73. The Morgan fingerprint density at radius 2 is 0.980 bits per heavy atom. The van der Waals surface area contributed by atoms with Crippen molar-refractivity contribution in [2.24, 2.45) is 0 Å². The highest BCUT2D eigenvalue weighted by Gasteiger charge is 2.17. The number of aromatic nitrogens is 3. The molecule has 0 N–H and O–H groups in total. The van der Waals surface area contributed by atoms with Crippen molar-refractivity contribution >= 4 is 43.7 Å². The molecule has 10 aromatic rings. The van der Waals surface area contributed by atoms with Gasteiger partial charge in [-0.05, 0) is 71.8 Å². The first-order valence-electron chi connectivity index (χ1n) is 16.8. The van der Waals surface area contributed by atoms with Crippen LogP contribution in [0.5, 0.6) is 0 Å². The lowest BCUT2D eigenvalue weighted by Crippen LogP contribution is -1.96. The first-order valence-corrected chi connectivity index (χ1v) is 16.8. The maximum atomic E-state index is 6.29. The molecule has 0 aliphatic rings. The number of furan rings is 1. The molecule has 10 rings (SSSR count). The second-order valence-electron chi connectivity index (χ2n) is 12.6. The van der Waals surface area contributed by atoms with Crippen LogP contribution in [0.3, 0.4) is 0 Å². The van der Waals surface area contributed by atoms with Crippen LogP contribution in [0, 0.1) is 0 Å². The summed E-state index contributed by atoms with van der Waals surface area (Å²) in [5.41, 5.74) is 12.1. The Hall–Kier alpha value is -6.78. The van der Waals surface area contributed by atoms with E-state index in [0.29, 0.717) is 5.82 Å². The zero-order chi connectivity index (χ0) is 33.0. The molecule has 3 aromatic heterocycles. The minimum atomic E-state index is 0.673. The quantitative estimate of drug-likeness (QED) is 0.188. The van der Waals surface area contributed by atoms with Crippen molar-refractivity contribution in [3.8, 4) is 50.7 Å². The molecule has 4 nitrogen and oxygen atoms in total. The summed E-state index contributed by atoms with van der Waals surface area (Å²) < 4.78 is 8.63. The minimum Gasteiger partial charge on any atom is -0.456 e. The van der Waals surface area contributed by atoms with Gasteiger partial charge >= 0.3 is 0 Å². The molecular formula is C46H29N3O. The monoisotopic (exact) mass is 639 g/mol. The third kappa shape index (κ3) is 4.69. The summed E-state index contributed by atoms with van der Waals surface area (Å²) in [4.78, 5) is 10.4. The molecule has 4 heteroatoms. The first kappa shape index (κ1) is 28.3. The summed E-state index contributed by atoms with van der Waals surface area (Å²) in [5, 5.41) is 4.58. The van der Waals surface area contributed by atoms with Crippen molar-refractivity contribution in [2.45, 2.75) is 0 Å². The van der Waals surface area contributed by atoms with Crippen molar-refractivity contribution in [3.63, 3.8) is 0 Å². The third-order valence-electron chi connectivity index (χ3n) is 9.61. The van der Waals surface area contributed by atoms with Crippen molar-refractivity contribution < 1.29 is 4.42 Å². The fraction of sp³-hybridized carbons (Fsp3) is 0. The average molecular weight is 640 g/mol. The number of benzene rings is 7. The van der Waals surface area contributed by atoms with Gasteiger partial charge in [0.15, 0.2) is 5.82 Å². The van der Waals surface area contributed by atoms with E-state index >= 15 is 0 Å². The van der Waals surface area contributed by atoms with Gasteiger partial charge in [-0.1, -0.05) is 115 Å². The molecule has 0 saturated carbocycles. The molecule has 3 heterocycles. The lowest BCUT2D eigenvalue weighted by molar-refractivity contribution is 0.669. The smallest absolute Gasteiger partial charge is 0.160 e. The van der Waals surface area contributed by atoms with Gasteiger partial charge < -0.3 is 8.98 Å². The summed E-state index contributed by atoms with van der Waals surface area (Å²) >= 11 is 0. The second kappa shape index (κ2) is 11.4. The van der Waals surface area contributed by atoms with E-state index in [1.54, 1.807) is 0 Å². The Kier molecular flexibility index (Phi) is 6.46. The predicted octanol–water partition coefficient (Wildman–Crippen LogP) is 12.1. The summed E-state index contributed by atoms with van der Waals surface area (Å²) in [7, 11) is 0. The maximum Gasteiger partial charge on any atom is 0.160 e. The Labute approximate surface area is 288 Å². The van der Waals surface area contributed by atoms with Crippen LogP contribution in [0.4, 0.5) is 0 Å². The van der Waals surface area contributed by atoms with Crippen molar-refractivity contribution in [3.05, 3.63) is 176 Å². The molecule has 0 unspecified atom stereocenters. The van der Waals surface area contributed by atoms with E-state index in [9.17, 15) is 0 Å². The van der Waals surface area contributed by atoms with Gasteiger partial charge in [-0.15, -0.1) is 0 Å². The molecular weight excluding hydrogens is 611 g/mol. The molecule has 7 aromatic carbocycles. The van der Waals surface area contributed by atoms with E-state index < -0.39 is 0 Å². The number of para-hydroxylation sites is 3. The topological polar surface area (TPSA) is 43.9 Å². The Morgan fingerprint density at radius 1 is 0.360 bits per heavy atom. The van der Waals surface area contributed by atoms with Gasteiger partial charge in [-0.25, -0.2) is 9.97 Å². The molecule has 50 heavy (non-hydrogen) atoms. The van der Waals surface area contributed by atoms with Gasteiger partial charge in [0.25, 0.3) is 0 Å². The second-order valence-corrected chi connectivity index (χ2v) is 12.6. The van der Waals surface area contributed by atoms with Gasteiger partial charge in [0.2, 0.25) is 0 Å². The highest BCUT2D eigenvalue weighted by molar-refractivity contribution is 6.10. The standard InChI is InChI=1S/C46H29N3O/c1-3-12-30(13-4-1)31-14-11-15-34(26-31)46-47-40(29-41(48-46)33-22-24-38-37-19-8-10-21-44(37)50-45(38)28-33)32-23-25-43-39(27-32)36-18-7-9-20-42(36)49(43)35-16-5-2-6-17-35/h1-29H. The fourth-order valence-corrected chi connectivity index (χ4v) is 7.21. The predicted molar refractivity (Wildman–Crippen MR) is 205 cm³/mol. The SMILES string of the molecule is c1ccc(-c2cccc(-c3nc(-c4ccc5c(c4)oc4ccccc45)cc(-c4ccc5c(c4)c4ccccc4n5-c4ccccc4)n3)c2)cc1. The van der Waals surface area contributed by atoms with Crippen LogP contribution in [0.15, 0.2) is 180 Å². The lowest BCUT2D eigenvalue weighted by Gasteiger charge is -2.11. The van der Waals surface area contributed by atoms with E-state index in [-0.39, 0.29) is 0 Å². The van der Waals surface area contributed by atoms with E-state index in [4.69, 9.17) is 14.4 Å². The maximum absolute atomic E-state index is 6.29. The highest BCUT2D eigenvalue weighted by atomic mass is 16.3. The van der Waals surface area contributed by atoms with Gasteiger partial charge in [-0.2, -0.15) is 0 Å². The lowest BCUT2D eigenvalue weighted by atomic mass is 10.0. The molecule has 0 aliphatic carbocycles. The summed E-state index contributed by atoms with van der Waals surface area (Å²) in [6, 6.07) is 61.4. The van der Waals surface area contributed by atoms with Crippen LogP contribution >= 0.6 is 0 Å². The fourth-order valence-electron chi connectivity index (χ4n) is 7.21. The Morgan fingerprint density at radius 3 is 1.82 bits per heavy atom. The normalized spacial score (nSPS) is 11.6. The largest absolute Gasteiger partial charge is 0.456 e. The molecule has 0 atom stereocenters. The van der Waals surface area contributed by atoms with E-state index in [1.807, 2.05) is 24.3 Å². The van der Waals surface area contributed by atoms with E-state index in [1.165, 1.54) is 16.3 Å². The van der Waals surface area contributed by atoms with Gasteiger partial charge in [0.1, 0.15) is 11.2 Å². The number of hydrogen-bond donors (Lipinski definition) is 0. The first-order chi connectivity index (χ1) is 24.8. The summed E-state index contributed by atoms with van der Waals surface area (Å²) in [5.74, 6) is 0.673. The molecule has 0 aliphatic heterocycles.